The summed E-state index contributed by atoms with van der Waals surface area (Å²) in [5.74, 6) is 5.30. The van der Waals surface area contributed by atoms with E-state index in [1.165, 1.54) is 0 Å². The summed E-state index contributed by atoms with van der Waals surface area (Å²) in [5.41, 5.74) is -6.86. The first-order valence-electron chi connectivity index (χ1n) is 8.85. The van der Waals surface area contributed by atoms with E-state index in [0.717, 1.165) is 36.4 Å². The van der Waals surface area contributed by atoms with Crippen LogP contribution in [0.5, 0.6) is 11.5 Å². The highest BCUT2D eigenvalue weighted by molar-refractivity contribution is 5.47. The van der Waals surface area contributed by atoms with Crippen LogP contribution in [0.4, 0.5) is 26.3 Å². The molecule has 2 aromatic carbocycles. The maximum atomic E-state index is 14.0. The van der Waals surface area contributed by atoms with Gasteiger partial charge in [-0.1, -0.05) is 30.2 Å². The van der Waals surface area contributed by atoms with Gasteiger partial charge in [0.2, 0.25) is 5.41 Å². The third-order valence-electron chi connectivity index (χ3n) is 4.50. The van der Waals surface area contributed by atoms with Crippen LogP contribution in [-0.2, 0) is 5.41 Å². The fraction of sp³-hybridized carbons (Fsp3) is 0.364. The molecule has 0 aliphatic heterocycles. The molecule has 0 aliphatic rings. The molecule has 0 unspecified atom stereocenters. The van der Waals surface area contributed by atoms with Gasteiger partial charge in [-0.15, -0.1) is 5.92 Å². The first-order chi connectivity index (χ1) is 13.7. The van der Waals surface area contributed by atoms with Gasteiger partial charge in [-0.25, -0.2) is 0 Å². The van der Waals surface area contributed by atoms with Crippen molar-refractivity contribution in [1.29, 1.82) is 0 Å². The van der Waals surface area contributed by atoms with Gasteiger partial charge >= 0.3 is 12.4 Å². The Labute approximate surface area is 170 Å². The molecule has 0 heterocycles. The van der Waals surface area contributed by atoms with Crippen LogP contribution in [0.1, 0.15) is 31.9 Å². The number of hydrogen-bond donors (Lipinski definition) is 1. The summed E-state index contributed by atoms with van der Waals surface area (Å²) in [6.07, 6.45) is -11.4. The Hall–Kier alpha value is -2.82. The molecule has 0 saturated carbocycles. The Morgan fingerprint density at radius 1 is 0.800 bits per heavy atom. The molecular weight excluding hydrogens is 410 g/mol. The molecule has 8 heteroatoms. The summed E-state index contributed by atoms with van der Waals surface area (Å²) in [4.78, 5) is 0. The maximum Gasteiger partial charge on any atom is 0.411 e. The summed E-state index contributed by atoms with van der Waals surface area (Å²) >= 11 is 0. The molecule has 30 heavy (non-hydrogen) atoms. The number of aromatic hydroxyl groups is 1. The van der Waals surface area contributed by atoms with Crippen LogP contribution in [0.25, 0.3) is 0 Å². The second-order valence-electron chi connectivity index (χ2n) is 7.36. The van der Waals surface area contributed by atoms with E-state index in [9.17, 15) is 31.4 Å². The number of phenols is 1. The van der Waals surface area contributed by atoms with E-state index in [2.05, 4.69) is 11.8 Å². The second kappa shape index (κ2) is 8.13. The molecule has 2 nitrogen and oxygen atoms in total. The van der Waals surface area contributed by atoms with Crippen LogP contribution in [0.15, 0.2) is 48.5 Å². The summed E-state index contributed by atoms with van der Waals surface area (Å²) in [6.45, 7) is 5.34. The zero-order chi connectivity index (χ0) is 22.8. The monoisotopic (exact) mass is 430 g/mol. The summed E-state index contributed by atoms with van der Waals surface area (Å²) in [5, 5.41) is 9.31. The van der Waals surface area contributed by atoms with Gasteiger partial charge in [0.1, 0.15) is 18.1 Å². The highest BCUT2D eigenvalue weighted by Gasteiger charge is 2.72. The maximum absolute atomic E-state index is 14.0. The molecule has 0 saturated heterocycles. The molecule has 162 valence electrons. The van der Waals surface area contributed by atoms with Gasteiger partial charge in [0.25, 0.3) is 0 Å². The van der Waals surface area contributed by atoms with Crippen molar-refractivity contribution < 1.29 is 36.2 Å². The highest BCUT2D eigenvalue weighted by atomic mass is 19.4. The van der Waals surface area contributed by atoms with E-state index in [1.54, 1.807) is 20.8 Å². The van der Waals surface area contributed by atoms with Gasteiger partial charge in [0.05, 0.1) is 5.41 Å². The van der Waals surface area contributed by atoms with E-state index >= 15 is 0 Å². The SMILES string of the molecule is CC#CC(C)(C)COc1ccc(C(c2ccc(O)cc2)(C(F)(F)F)C(F)(F)F)cc1. The third kappa shape index (κ3) is 4.50. The van der Waals surface area contributed by atoms with Crippen LogP contribution in [0.2, 0.25) is 0 Å². The average molecular weight is 430 g/mol. The normalized spacial score (nSPS) is 12.8. The van der Waals surface area contributed by atoms with Crippen LogP contribution in [0, 0.1) is 17.3 Å². The number of hydrogen-bond acceptors (Lipinski definition) is 2. The molecule has 2 aromatic rings. The van der Waals surface area contributed by atoms with E-state index in [1.807, 2.05) is 0 Å². The van der Waals surface area contributed by atoms with E-state index in [4.69, 9.17) is 4.74 Å². The first-order valence-corrected chi connectivity index (χ1v) is 8.85. The van der Waals surface area contributed by atoms with E-state index < -0.39 is 40.1 Å². The van der Waals surface area contributed by atoms with Crippen molar-refractivity contribution in [2.75, 3.05) is 6.61 Å². The van der Waals surface area contributed by atoms with Gasteiger partial charge in [-0.05, 0) is 56.2 Å². The van der Waals surface area contributed by atoms with Gasteiger partial charge in [0.15, 0.2) is 0 Å². The zero-order valence-electron chi connectivity index (χ0n) is 16.4. The highest BCUT2D eigenvalue weighted by Crippen LogP contribution is 2.56. The Bertz CT molecular complexity index is 900. The molecule has 0 bridgehead atoms. The van der Waals surface area contributed by atoms with Gasteiger partial charge < -0.3 is 9.84 Å². The van der Waals surface area contributed by atoms with Crippen molar-refractivity contribution in [3.8, 4) is 23.3 Å². The Kier molecular flexibility index (Phi) is 6.36. The van der Waals surface area contributed by atoms with Crippen molar-refractivity contribution >= 4 is 0 Å². The lowest BCUT2D eigenvalue weighted by molar-refractivity contribution is -0.288. The number of phenolic OH excluding ortho intramolecular Hbond substituents is 1. The lowest BCUT2D eigenvalue weighted by Gasteiger charge is -2.38. The van der Waals surface area contributed by atoms with E-state index in [-0.39, 0.29) is 12.4 Å². The predicted octanol–water partition coefficient (Wildman–Crippen LogP) is 6.23. The molecule has 0 aromatic heterocycles. The Morgan fingerprint density at radius 2 is 1.23 bits per heavy atom. The molecule has 2 rings (SSSR count). The summed E-state index contributed by atoms with van der Waals surface area (Å²) in [6, 6.07) is 6.45. The molecule has 0 fully saturated rings. The fourth-order valence-corrected chi connectivity index (χ4v) is 3.13. The number of halogens is 6. The minimum Gasteiger partial charge on any atom is -0.508 e. The van der Waals surface area contributed by atoms with Gasteiger partial charge in [0, 0.05) is 0 Å². The van der Waals surface area contributed by atoms with E-state index in [0.29, 0.717) is 12.1 Å². The number of alkyl halides is 6. The molecule has 1 N–H and O–H groups in total. The number of benzene rings is 2. The Balaban J connectivity index is 2.55. The standard InChI is InChI=1S/C22H20F6O2/c1-4-13-19(2,3)14-30-18-11-7-16(8-12-18)20(21(23,24)25,22(26,27)28)15-5-9-17(29)10-6-15/h5-12,29H,14H2,1-3H3. The van der Waals surface area contributed by atoms with Crippen LogP contribution >= 0.6 is 0 Å². The molecule has 0 radical (unpaired) electrons. The van der Waals surface area contributed by atoms with Crippen LogP contribution in [-0.4, -0.2) is 24.1 Å². The topological polar surface area (TPSA) is 29.5 Å². The van der Waals surface area contributed by atoms with Crippen molar-refractivity contribution in [1.82, 2.24) is 0 Å². The van der Waals surface area contributed by atoms with Gasteiger partial charge in [-0.2, -0.15) is 26.3 Å². The van der Waals surface area contributed by atoms with Crippen molar-refractivity contribution in [2.45, 2.75) is 38.5 Å². The van der Waals surface area contributed by atoms with Crippen molar-refractivity contribution in [3.63, 3.8) is 0 Å². The smallest absolute Gasteiger partial charge is 0.411 e. The van der Waals surface area contributed by atoms with Crippen LogP contribution in [0.3, 0.4) is 0 Å². The minimum atomic E-state index is -5.69. The molecule has 0 spiro atoms. The van der Waals surface area contributed by atoms with Gasteiger partial charge in [-0.3, -0.25) is 0 Å². The summed E-state index contributed by atoms with van der Waals surface area (Å²) < 4.78 is 89.5. The summed E-state index contributed by atoms with van der Waals surface area (Å²) in [7, 11) is 0. The minimum absolute atomic E-state index is 0.106. The average Bonchev–Trinajstić information content (AvgIpc) is 2.61. The largest absolute Gasteiger partial charge is 0.508 e. The lowest BCUT2D eigenvalue weighted by atomic mass is 9.73. The predicted molar refractivity (Wildman–Crippen MR) is 100 cm³/mol. The molecule has 0 amide bonds. The number of ether oxygens (including phenoxy) is 1. The third-order valence-corrected chi connectivity index (χ3v) is 4.50. The van der Waals surface area contributed by atoms with Crippen molar-refractivity contribution in [3.05, 3.63) is 59.7 Å². The Morgan fingerprint density at radius 3 is 1.63 bits per heavy atom. The number of rotatable bonds is 5. The quantitative estimate of drug-likeness (QED) is 0.450. The molecule has 0 atom stereocenters. The molecule has 0 aliphatic carbocycles. The van der Waals surface area contributed by atoms with Crippen LogP contribution < -0.4 is 4.74 Å². The zero-order valence-corrected chi connectivity index (χ0v) is 16.4. The molecular formula is C22H20F6O2. The fourth-order valence-electron chi connectivity index (χ4n) is 3.13. The first kappa shape index (κ1) is 23.5. The lowest BCUT2D eigenvalue weighted by Crippen LogP contribution is -2.54. The second-order valence-corrected chi connectivity index (χ2v) is 7.36. The van der Waals surface area contributed by atoms with Crippen molar-refractivity contribution in [2.24, 2.45) is 5.41 Å².